The summed E-state index contributed by atoms with van der Waals surface area (Å²) in [6.07, 6.45) is 6.76. The molecule has 0 saturated carbocycles. The summed E-state index contributed by atoms with van der Waals surface area (Å²) in [6, 6.07) is 8.72. The molecule has 0 amide bonds. The molecule has 18 heavy (non-hydrogen) atoms. The number of hydrogen-bond acceptors (Lipinski definition) is 0. The molecule has 0 bridgehead atoms. The molecule has 0 aliphatic heterocycles. The molecule has 0 heterocycles. The highest BCUT2D eigenvalue weighted by Crippen LogP contribution is 2.45. The van der Waals surface area contributed by atoms with Crippen LogP contribution in [0.15, 0.2) is 54.6 Å². The molecule has 1 aromatic carbocycles. The normalized spacial score (nSPS) is 18.9. The molecule has 0 saturated heterocycles. The summed E-state index contributed by atoms with van der Waals surface area (Å²) >= 11 is 0. The Morgan fingerprint density at radius 3 is 2.50 bits per heavy atom. The van der Waals surface area contributed by atoms with E-state index in [1.165, 1.54) is 16.7 Å². The fourth-order valence-electron chi connectivity index (χ4n) is 2.47. The predicted molar refractivity (Wildman–Crippen MR) is 80.6 cm³/mol. The highest BCUT2D eigenvalue weighted by atomic mass is 14.3. The van der Waals surface area contributed by atoms with Crippen LogP contribution in [-0.2, 0) is 0 Å². The van der Waals surface area contributed by atoms with E-state index in [0.717, 1.165) is 5.57 Å². The lowest BCUT2D eigenvalue weighted by atomic mass is 9.83. The van der Waals surface area contributed by atoms with E-state index in [2.05, 4.69) is 69.8 Å². The second-order valence-electron chi connectivity index (χ2n) is 6.15. The van der Waals surface area contributed by atoms with Gasteiger partial charge in [0.05, 0.1) is 0 Å². The lowest BCUT2D eigenvalue weighted by Crippen LogP contribution is -2.06. The zero-order valence-corrected chi connectivity index (χ0v) is 11.8. The van der Waals surface area contributed by atoms with Gasteiger partial charge in [0, 0.05) is 5.92 Å². The van der Waals surface area contributed by atoms with E-state index in [4.69, 9.17) is 0 Å². The van der Waals surface area contributed by atoms with Gasteiger partial charge in [-0.3, -0.25) is 0 Å². The minimum Gasteiger partial charge on any atom is -0.0961 e. The van der Waals surface area contributed by atoms with Crippen molar-refractivity contribution in [3.63, 3.8) is 0 Å². The van der Waals surface area contributed by atoms with Crippen LogP contribution in [0.4, 0.5) is 0 Å². The molecule has 1 atom stereocenters. The van der Waals surface area contributed by atoms with Gasteiger partial charge in [0.2, 0.25) is 0 Å². The van der Waals surface area contributed by atoms with E-state index in [1.807, 2.05) is 6.92 Å². The Bertz CT molecular complexity index is 521. The number of rotatable bonds is 2. The van der Waals surface area contributed by atoms with Crippen LogP contribution in [0.25, 0.3) is 5.57 Å². The van der Waals surface area contributed by atoms with Crippen molar-refractivity contribution in [2.45, 2.75) is 33.6 Å². The highest BCUT2D eigenvalue weighted by Gasteiger charge is 2.28. The molecule has 1 aliphatic rings. The monoisotopic (exact) mass is 238 g/mol. The van der Waals surface area contributed by atoms with Gasteiger partial charge in [-0.05, 0) is 29.0 Å². The van der Waals surface area contributed by atoms with Gasteiger partial charge in [0.25, 0.3) is 0 Å². The van der Waals surface area contributed by atoms with Crippen molar-refractivity contribution in [2.24, 2.45) is 5.41 Å². The summed E-state index contributed by atoms with van der Waals surface area (Å²) in [5.74, 6) is 0.395. The Labute approximate surface area is 111 Å². The lowest BCUT2D eigenvalue weighted by Gasteiger charge is -2.21. The second-order valence-corrected chi connectivity index (χ2v) is 6.15. The average molecular weight is 238 g/mol. The van der Waals surface area contributed by atoms with Gasteiger partial charge < -0.3 is 0 Å². The molecule has 0 aromatic heterocycles. The fraction of sp³-hybridized carbons (Fsp3) is 0.333. The smallest absolute Gasteiger partial charge is 0.0214 e. The first kappa shape index (κ1) is 12.9. The summed E-state index contributed by atoms with van der Waals surface area (Å²) in [5.41, 5.74) is 5.57. The largest absolute Gasteiger partial charge is 0.0961 e. The van der Waals surface area contributed by atoms with Crippen LogP contribution in [0, 0.1) is 5.41 Å². The molecular formula is C18H22. The van der Waals surface area contributed by atoms with E-state index in [-0.39, 0.29) is 5.41 Å². The molecule has 0 radical (unpaired) electrons. The zero-order chi connectivity index (χ0) is 13.3. The number of benzene rings is 1. The van der Waals surface area contributed by atoms with Crippen LogP contribution >= 0.6 is 0 Å². The maximum Gasteiger partial charge on any atom is 0.0214 e. The average Bonchev–Trinajstić information content (AvgIpc) is 2.65. The standard InChI is InChI=1S/C18H22/c1-13(2)10-11-14-12-17(18(3,4)5)16-9-7-6-8-15(14)16/h6-12,14H,1H2,2-5H3. The highest BCUT2D eigenvalue weighted by molar-refractivity contribution is 5.78. The Balaban J connectivity index is 2.46. The van der Waals surface area contributed by atoms with Gasteiger partial charge in [-0.2, -0.15) is 0 Å². The minimum absolute atomic E-state index is 0.196. The fourth-order valence-corrected chi connectivity index (χ4v) is 2.47. The first-order chi connectivity index (χ1) is 8.39. The van der Waals surface area contributed by atoms with Gasteiger partial charge >= 0.3 is 0 Å². The van der Waals surface area contributed by atoms with E-state index < -0.39 is 0 Å². The quantitative estimate of drug-likeness (QED) is 0.610. The van der Waals surface area contributed by atoms with Crippen molar-refractivity contribution in [1.82, 2.24) is 0 Å². The van der Waals surface area contributed by atoms with Crippen molar-refractivity contribution in [3.8, 4) is 0 Å². The second kappa shape index (κ2) is 4.61. The van der Waals surface area contributed by atoms with Crippen molar-refractivity contribution < 1.29 is 0 Å². The molecule has 0 spiro atoms. The summed E-state index contributed by atoms with van der Waals surface area (Å²) < 4.78 is 0. The zero-order valence-electron chi connectivity index (χ0n) is 11.8. The van der Waals surface area contributed by atoms with Crippen molar-refractivity contribution in [3.05, 3.63) is 65.8 Å². The summed E-state index contributed by atoms with van der Waals surface area (Å²) in [7, 11) is 0. The Hall–Kier alpha value is -1.56. The van der Waals surface area contributed by atoms with E-state index in [1.54, 1.807) is 0 Å². The van der Waals surface area contributed by atoms with E-state index in [0.29, 0.717) is 5.92 Å². The molecule has 94 valence electrons. The third kappa shape index (κ3) is 2.48. The number of fused-ring (bicyclic) bond motifs is 1. The summed E-state index contributed by atoms with van der Waals surface area (Å²) in [4.78, 5) is 0. The topological polar surface area (TPSA) is 0 Å². The minimum atomic E-state index is 0.196. The molecule has 0 heteroatoms. The molecule has 0 N–H and O–H groups in total. The Kier molecular flexibility index (Phi) is 3.30. The Morgan fingerprint density at radius 1 is 1.22 bits per heavy atom. The van der Waals surface area contributed by atoms with Crippen LogP contribution in [0.1, 0.15) is 44.7 Å². The van der Waals surface area contributed by atoms with Crippen LogP contribution < -0.4 is 0 Å². The lowest BCUT2D eigenvalue weighted by molar-refractivity contribution is 0.567. The van der Waals surface area contributed by atoms with Crippen LogP contribution in [0.2, 0.25) is 0 Å². The van der Waals surface area contributed by atoms with Gasteiger partial charge in [-0.1, -0.05) is 75.4 Å². The summed E-state index contributed by atoms with van der Waals surface area (Å²) in [6.45, 7) is 12.8. The van der Waals surface area contributed by atoms with Gasteiger partial charge in [0.15, 0.2) is 0 Å². The maximum absolute atomic E-state index is 3.93. The third-order valence-corrected chi connectivity index (χ3v) is 3.35. The summed E-state index contributed by atoms with van der Waals surface area (Å²) in [5, 5.41) is 0. The van der Waals surface area contributed by atoms with Crippen molar-refractivity contribution in [2.75, 3.05) is 0 Å². The van der Waals surface area contributed by atoms with Crippen molar-refractivity contribution >= 4 is 5.57 Å². The first-order valence-corrected chi connectivity index (χ1v) is 6.55. The van der Waals surface area contributed by atoms with Crippen LogP contribution in [0.3, 0.4) is 0 Å². The molecular weight excluding hydrogens is 216 g/mol. The molecule has 0 nitrogen and oxygen atoms in total. The van der Waals surface area contributed by atoms with E-state index in [9.17, 15) is 0 Å². The predicted octanol–water partition coefficient (Wildman–Crippen LogP) is 5.35. The molecule has 0 fully saturated rings. The Morgan fingerprint density at radius 2 is 1.89 bits per heavy atom. The first-order valence-electron chi connectivity index (χ1n) is 6.55. The molecule has 1 unspecified atom stereocenters. The van der Waals surface area contributed by atoms with E-state index >= 15 is 0 Å². The number of hydrogen-bond donors (Lipinski definition) is 0. The SMILES string of the molecule is C=C(C)C=CC1C=C(C(C)(C)C)c2ccccc21. The third-order valence-electron chi connectivity index (χ3n) is 3.35. The molecule has 1 aliphatic carbocycles. The van der Waals surface area contributed by atoms with Gasteiger partial charge in [-0.25, -0.2) is 0 Å². The molecule has 2 rings (SSSR count). The van der Waals surface area contributed by atoms with Gasteiger partial charge in [-0.15, -0.1) is 0 Å². The van der Waals surface area contributed by atoms with Crippen LogP contribution in [-0.4, -0.2) is 0 Å². The molecule has 1 aromatic rings. The van der Waals surface area contributed by atoms with Crippen molar-refractivity contribution in [1.29, 1.82) is 0 Å². The van der Waals surface area contributed by atoms with Gasteiger partial charge in [0.1, 0.15) is 0 Å². The maximum atomic E-state index is 3.93. The number of allylic oxidation sites excluding steroid dienone is 5. The van der Waals surface area contributed by atoms with Crippen LogP contribution in [0.5, 0.6) is 0 Å².